The summed E-state index contributed by atoms with van der Waals surface area (Å²) in [5.74, 6) is -0.0619. The minimum Gasteiger partial charge on any atom is -0.507 e. The van der Waals surface area contributed by atoms with Crippen LogP contribution in [0.1, 0.15) is 17.3 Å². The third-order valence-electron chi connectivity index (χ3n) is 1.28. The first-order chi connectivity index (χ1) is 4.72. The number of carbonyl (C=O) groups excluding carboxylic acids is 1. The van der Waals surface area contributed by atoms with Gasteiger partial charge in [0.15, 0.2) is 5.78 Å². The Morgan fingerprint density at radius 1 is 1.36 bits per heavy atom. The number of phenols is 1. The first-order valence-electron chi connectivity index (χ1n) is 3.01. The van der Waals surface area contributed by atoms with Gasteiger partial charge in [-0.25, -0.2) is 0 Å². The van der Waals surface area contributed by atoms with Crippen LogP contribution in [-0.4, -0.2) is 40.4 Å². The molecule has 1 radical (unpaired) electrons. The fraction of sp³-hybridized carbons (Fsp3) is 0.125. The van der Waals surface area contributed by atoms with Crippen molar-refractivity contribution in [2.45, 2.75) is 6.92 Å². The van der Waals surface area contributed by atoms with E-state index in [0.717, 1.165) is 0 Å². The molecule has 0 heterocycles. The average molecular weight is 159 g/mol. The average Bonchev–Trinajstić information content (AvgIpc) is 1.88. The molecule has 11 heavy (non-hydrogen) atoms. The smallest absolute Gasteiger partial charge is 0.163 e. The predicted molar refractivity (Wildman–Crippen MR) is 43.9 cm³/mol. The van der Waals surface area contributed by atoms with E-state index < -0.39 is 0 Å². The van der Waals surface area contributed by atoms with Crippen molar-refractivity contribution in [3.05, 3.63) is 29.8 Å². The van der Waals surface area contributed by atoms with E-state index in [9.17, 15) is 4.79 Å². The third-order valence-corrected chi connectivity index (χ3v) is 1.28. The van der Waals surface area contributed by atoms with E-state index in [2.05, 4.69) is 0 Å². The monoisotopic (exact) mass is 159 g/mol. The number of rotatable bonds is 1. The molecular formula is C8H8NaO2. The predicted octanol–water partition coefficient (Wildman–Crippen LogP) is 1.21. The van der Waals surface area contributed by atoms with Gasteiger partial charge in [0.1, 0.15) is 5.75 Å². The van der Waals surface area contributed by atoms with E-state index in [-0.39, 0.29) is 41.1 Å². The Bertz CT molecular complexity index is 258. The van der Waals surface area contributed by atoms with Gasteiger partial charge in [-0.3, -0.25) is 4.79 Å². The molecule has 0 saturated heterocycles. The molecule has 0 bridgehead atoms. The summed E-state index contributed by atoms with van der Waals surface area (Å²) in [6.45, 7) is 1.43. The molecule has 2 nitrogen and oxygen atoms in total. The third kappa shape index (κ3) is 2.66. The van der Waals surface area contributed by atoms with Gasteiger partial charge in [0.05, 0.1) is 5.56 Å². The van der Waals surface area contributed by atoms with E-state index in [1.165, 1.54) is 13.0 Å². The van der Waals surface area contributed by atoms with Crippen LogP contribution in [0.5, 0.6) is 5.75 Å². The number of aromatic hydroxyl groups is 1. The second-order valence-corrected chi connectivity index (χ2v) is 2.07. The van der Waals surface area contributed by atoms with E-state index in [4.69, 9.17) is 5.11 Å². The molecular weight excluding hydrogens is 151 g/mol. The van der Waals surface area contributed by atoms with E-state index in [1.54, 1.807) is 18.2 Å². The van der Waals surface area contributed by atoms with Crippen molar-refractivity contribution < 1.29 is 9.90 Å². The molecule has 1 aromatic carbocycles. The maximum Gasteiger partial charge on any atom is 0.163 e. The topological polar surface area (TPSA) is 37.3 Å². The summed E-state index contributed by atoms with van der Waals surface area (Å²) in [6.07, 6.45) is 0. The largest absolute Gasteiger partial charge is 0.507 e. The molecule has 1 N–H and O–H groups in total. The summed E-state index contributed by atoms with van der Waals surface area (Å²) in [5, 5.41) is 9.06. The second kappa shape index (κ2) is 4.54. The molecule has 3 heteroatoms. The normalized spacial score (nSPS) is 8.45. The van der Waals surface area contributed by atoms with Gasteiger partial charge in [-0.1, -0.05) is 12.1 Å². The van der Waals surface area contributed by atoms with Crippen LogP contribution in [0.2, 0.25) is 0 Å². The van der Waals surface area contributed by atoms with Crippen molar-refractivity contribution in [3.8, 4) is 5.75 Å². The number of phenolic OH excluding ortho intramolecular Hbond substituents is 1. The van der Waals surface area contributed by atoms with Crippen LogP contribution in [0.3, 0.4) is 0 Å². The van der Waals surface area contributed by atoms with Gasteiger partial charge in [-0.15, -0.1) is 0 Å². The van der Waals surface area contributed by atoms with Crippen molar-refractivity contribution >= 4 is 35.3 Å². The van der Waals surface area contributed by atoms with Crippen molar-refractivity contribution in [2.24, 2.45) is 0 Å². The molecule has 0 unspecified atom stereocenters. The molecule has 0 aliphatic carbocycles. The van der Waals surface area contributed by atoms with Gasteiger partial charge < -0.3 is 5.11 Å². The summed E-state index contributed by atoms with van der Waals surface area (Å²) in [6, 6.07) is 6.49. The van der Waals surface area contributed by atoms with E-state index in [1.807, 2.05) is 0 Å². The van der Waals surface area contributed by atoms with Gasteiger partial charge in [0, 0.05) is 29.6 Å². The number of hydrogen-bond donors (Lipinski definition) is 1. The number of benzene rings is 1. The van der Waals surface area contributed by atoms with Crippen LogP contribution >= 0.6 is 0 Å². The summed E-state index contributed by atoms with van der Waals surface area (Å²) in [4.78, 5) is 10.7. The van der Waals surface area contributed by atoms with Gasteiger partial charge in [0.25, 0.3) is 0 Å². The van der Waals surface area contributed by atoms with Crippen LogP contribution in [0.15, 0.2) is 24.3 Å². The quantitative estimate of drug-likeness (QED) is 0.494. The maximum atomic E-state index is 10.7. The maximum absolute atomic E-state index is 10.7. The molecule has 1 aromatic rings. The minimum absolute atomic E-state index is 0. The fourth-order valence-corrected chi connectivity index (χ4v) is 0.771. The Morgan fingerprint density at radius 2 is 1.91 bits per heavy atom. The first-order valence-corrected chi connectivity index (χ1v) is 3.01. The fourth-order valence-electron chi connectivity index (χ4n) is 0.771. The van der Waals surface area contributed by atoms with Crippen LogP contribution in [0.25, 0.3) is 0 Å². The van der Waals surface area contributed by atoms with Crippen LogP contribution < -0.4 is 0 Å². The molecule has 0 spiro atoms. The summed E-state index contributed by atoms with van der Waals surface area (Å²) in [7, 11) is 0. The zero-order valence-electron chi connectivity index (χ0n) is 6.66. The molecule has 1 rings (SSSR count). The zero-order valence-corrected chi connectivity index (χ0v) is 8.66. The summed E-state index contributed by atoms with van der Waals surface area (Å²) < 4.78 is 0. The molecule has 0 aliphatic heterocycles. The Hall–Kier alpha value is -0.310. The Kier molecular flexibility index (Phi) is 4.42. The van der Waals surface area contributed by atoms with Crippen molar-refractivity contribution in [1.29, 1.82) is 0 Å². The van der Waals surface area contributed by atoms with E-state index in [0.29, 0.717) is 5.56 Å². The second-order valence-electron chi connectivity index (χ2n) is 2.07. The Balaban J connectivity index is 0.000001000. The number of para-hydroxylation sites is 1. The van der Waals surface area contributed by atoms with Gasteiger partial charge >= 0.3 is 0 Å². The molecule has 0 aromatic heterocycles. The van der Waals surface area contributed by atoms with Crippen molar-refractivity contribution in [1.82, 2.24) is 0 Å². The first kappa shape index (κ1) is 10.7. The van der Waals surface area contributed by atoms with Gasteiger partial charge in [-0.2, -0.15) is 0 Å². The molecule has 0 saturated carbocycles. The molecule has 0 atom stereocenters. The minimum atomic E-state index is -0.113. The summed E-state index contributed by atoms with van der Waals surface area (Å²) >= 11 is 0. The van der Waals surface area contributed by atoms with Crippen LogP contribution in [0.4, 0.5) is 0 Å². The standard InChI is InChI=1S/C8H8O2.Na/c1-6(9)7-4-2-3-5-8(7)10;/h2-5,10H,1H3;. The van der Waals surface area contributed by atoms with Gasteiger partial charge in [0.2, 0.25) is 0 Å². The zero-order chi connectivity index (χ0) is 7.56. The number of hydrogen-bond acceptors (Lipinski definition) is 2. The van der Waals surface area contributed by atoms with Gasteiger partial charge in [-0.05, 0) is 19.1 Å². The van der Waals surface area contributed by atoms with E-state index >= 15 is 0 Å². The summed E-state index contributed by atoms with van der Waals surface area (Å²) in [5.41, 5.74) is 0.377. The van der Waals surface area contributed by atoms with Crippen molar-refractivity contribution in [2.75, 3.05) is 0 Å². The van der Waals surface area contributed by atoms with Crippen LogP contribution in [-0.2, 0) is 0 Å². The number of Topliss-reactive ketones (excluding diaryl/α,β-unsaturated/α-hetero) is 1. The number of ketones is 1. The van der Waals surface area contributed by atoms with Crippen LogP contribution in [0, 0.1) is 0 Å². The Morgan fingerprint density at radius 3 is 2.27 bits per heavy atom. The number of carbonyl (C=O) groups is 1. The molecule has 0 amide bonds. The van der Waals surface area contributed by atoms with Crippen molar-refractivity contribution in [3.63, 3.8) is 0 Å². The Labute approximate surface area is 87.5 Å². The molecule has 53 valence electrons. The SMILES string of the molecule is CC(=O)c1ccccc1O.[Na]. The molecule has 0 fully saturated rings. The molecule has 0 aliphatic rings.